The van der Waals surface area contributed by atoms with Crippen molar-refractivity contribution >= 4 is 5.97 Å². The van der Waals surface area contributed by atoms with Gasteiger partial charge in [0.1, 0.15) is 5.67 Å². The molecule has 1 aliphatic rings. The van der Waals surface area contributed by atoms with Gasteiger partial charge in [-0.2, -0.15) is 0 Å². The third kappa shape index (κ3) is 2.47. The SMILES string of the molecule is CN1CCCC(F)(c2cccc(C(=O)O)c2)C1. The second-order valence-electron chi connectivity index (χ2n) is 4.69. The predicted octanol–water partition coefficient (Wildman–Crippen LogP) is 2.28. The number of benzene rings is 1. The minimum absolute atomic E-state index is 0.146. The Kier molecular flexibility index (Phi) is 3.15. The number of likely N-dealkylation sites (N-methyl/N-ethyl adjacent to an activating group) is 1. The number of hydrogen-bond donors (Lipinski definition) is 1. The summed E-state index contributed by atoms with van der Waals surface area (Å²) < 4.78 is 14.8. The summed E-state index contributed by atoms with van der Waals surface area (Å²) in [4.78, 5) is 12.8. The van der Waals surface area contributed by atoms with Gasteiger partial charge >= 0.3 is 5.97 Å². The largest absolute Gasteiger partial charge is 0.478 e. The first-order valence-electron chi connectivity index (χ1n) is 5.72. The van der Waals surface area contributed by atoms with Gasteiger partial charge in [0.25, 0.3) is 0 Å². The molecule has 0 saturated carbocycles. The Balaban J connectivity index is 2.32. The summed E-state index contributed by atoms with van der Waals surface area (Å²) in [6.07, 6.45) is 1.25. The van der Waals surface area contributed by atoms with Crippen molar-refractivity contribution < 1.29 is 14.3 Å². The molecule has 1 fully saturated rings. The van der Waals surface area contributed by atoms with E-state index in [4.69, 9.17) is 5.11 Å². The number of alkyl halides is 1. The summed E-state index contributed by atoms with van der Waals surface area (Å²) >= 11 is 0. The van der Waals surface area contributed by atoms with Crippen molar-refractivity contribution in [2.24, 2.45) is 0 Å². The Hall–Kier alpha value is -1.42. The summed E-state index contributed by atoms with van der Waals surface area (Å²) in [6, 6.07) is 6.21. The molecule has 17 heavy (non-hydrogen) atoms. The zero-order chi connectivity index (χ0) is 12.5. The molecule has 1 saturated heterocycles. The topological polar surface area (TPSA) is 40.5 Å². The maximum Gasteiger partial charge on any atom is 0.335 e. The van der Waals surface area contributed by atoms with E-state index in [0.29, 0.717) is 18.5 Å². The van der Waals surface area contributed by atoms with Crippen LogP contribution in [0.5, 0.6) is 0 Å². The van der Waals surface area contributed by atoms with Gasteiger partial charge in [-0.15, -0.1) is 0 Å². The number of aromatic carboxylic acids is 1. The van der Waals surface area contributed by atoms with Gasteiger partial charge in [-0.25, -0.2) is 9.18 Å². The van der Waals surface area contributed by atoms with Crippen molar-refractivity contribution in [1.82, 2.24) is 4.90 Å². The first-order valence-corrected chi connectivity index (χ1v) is 5.72. The molecule has 92 valence electrons. The third-order valence-electron chi connectivity index (χ3n) is 3.26. The summed E-state index contributed by atoms with van der Waals surface area (Å²) in [5.41, 5.74) is -0.796. The summed E-state index contributed by atoms with van der Waals surface area (Å²) in [5, 5.41) is 8.91. The fourth-order valence-corrected chi connectivity index (χ4v) is 2.38. The van der Waals surface area contributed by atoms with Crippen LogP contribution in [0.15, 0.2) is 24.3 Å². The predicted molar refractivity (Wildman–Crippen MR) is 62.9 cm³/mol. The Morgan fingerprint density at radius 3 is 2.94 bits per heavy atom. The molecule has 1 unspecified atom stereocenters. The summed E-state index contributed by atoms with van der Waals surface area (Å²) in [6.45, 7) is 1.22. The lowest BCUT2D eigenvalue weighted by Crippen LogP contribution is -2.41. The lowest BCUT2D eigenvalue weighted by molar-refractivity contribution is 0.0561. The van der Waals surface area contributed by atoms with Crippen molar-refractivity contribution in [2.45, 2.75) is 18.5 Å². The van der Waals surface area contributed by atoms with Crippen molar-refractivity contribution in [3.05, 3.63) is 35.4 Å². The smallest absolute Gasteiger partial charge is 0.335 e. The normalized spacial score (nSPS) is 25.8. The molecular weight excluding hydrogens is 221 g/mol. The van der Waals surface area contributed by atoms with Crippen LogP contribution in [-0.2, 0) is 5.67 Å². The van der Waals surface area contributed by atoms with Gasteiger partial charge in [0.2, 0.25) is 0 Å². The molecule has 0 spiro atoms. The fourth-order valence-electron chi connectivity index (χ4n) is 2.38. The molecule has 1 aromatic rings. The van der Waals surface area contributed by atoms with Crippen molar-refractivity contribution in [3.8, 4) is 0 Å². The van der Waals surface area contributed by atoms with E-state index in [9.17, 15) is 9.18 Å². The van der Waals surface area contributed by atoms with E-state index in [-0.39, 0.29) is 5.56 Å². The fraction of sp³-hybridized carbons (Fsp3) is 0.462. The monoisotopic (exact) mass is 237 g/mol. The Morgan fingerprint density at radius 2 is 2.29 bits per heavy atom. The van der Waals surface area contributed by atoms with Gasteiger partial charge in [-0.3, -0.25) is 0 Å². The zero-order valence-corrected chi connectivity index (χ0v) is 9.82. The first kappa shape index (κ1) is 12.0. The van der Waals surface area contributed by atoms with Crippen LogP contribution < -0.4 is 0 Å². The first-order chi connectivity index (χ1) is 8.01. The second kappa shape index (κ2) is 4.45. The maximum absolute atomic E-state index is 14.8. The zero-order valence-electron chi connectivity index (χ0n) is 9.82. The highest BCUT2D eigenvalue weighted by atomic mass is 19.1. The van der Waals surface area contributed by atoms with E-state index >= 15 is 0 Å². The Labute approximate surface area is 99.9 Å². The van der Waals surface area contributed by atoms with Crippen molar-refractivity contribution in [1.29, 1.82) is 0 Å². The molecule has 1 aromatic carbocycles. The molecule has 0 radical (unpaired) electrons. The Morgan fingerprint density at radius 1 is 1.53 bits per heavy atom. The number of carbonyl (C=O) groups is 1. The van der Waals surface area contributed by atoms with E-state index in [2.05, 4.69) is 0 Å². The molecule has 0 aliphatic carbocycles. The molecule has 1 atom stereocenters. The van der Waals surface area contributed by atoms with Gasteiger partial charge in [0.05, 0.1) is 5.56 Å². The minimum Gasteiger partial charge on any atom is -0.478 e. The quantitative estimate of drug-likeness (QED) is 0.857. The van der Waals surface area contributed by atoms with Gasteiger partial charge in [-0.05, 0) is 44.1 Å². The highest BCUT2D eigenvalue weighted by molar-refractivity contribution is 5.87. The average molecular weight is 237 g/mol. The molecule has 2 rings (SSSR count). The van der Waals surface area contributed by atoms with Crippen LogP contribution in [0.2, 0.25) is 0 Å². The van der Waals surface area contributed by atoms with Crippen LogP contribution in [0.25, 0.3) is 0 Å². The number of halogens is 1. The second-order valence-corrected chi connectivity index (χ2v) is 4.69. The molecule has 0 bridgehead atoms. The van der Waals surface area contributed by atoms with Crippen LogP contribution >= 0.6 is 0 Å². The van der Waals surface area contributed by atoms with E-state index < -0.39 is 11.6 Å². The molecule has 0 amide bonds. The van der Waals surface area contributed by atoms with Crippen molar-refractivity contribution in [3.63, 3.8) is 0 Å². The summed E-state index contributed by atoms with van der Waals surface area (Å²) in [5.74, 6) is -1.01. The van der Waals surface area contributed by atoms with Gasteiger partial charge in [-0.1, -0.05) is 12.1 Å². The number of hydrogen-bond acceptors (Lipinski definition) is 2. The number of rotatable bonds is 2. The molecule has 1 N–H and O–H groups in total. The number of carboxylic acids is 1. The standard InChI is InChI=1S/C13H16FNO2/c1-15-7-3-6-13(14,9-15)11-5-2-4-10(8-11)12(16)17/h2,4-5,8H,3,6-7,9H2,1H3,(H,16,17). The number of carboxylic acid groups (broad SMARTS) is 1. The molecular formula is C13H16FNO2. The molecule has 1 aliphatic heterocycles. The molecule has 1 heterocycles. The molecule has 0 aromatic heterocycles. The lowest BCUT2D eigenvalue weighted by atomic mass is 9.87. The van der Waals surface area contributed by atoms with Gasteiger partial charge in [0, 0.05) is 6.54 Å². The average Bonchev–Trinajstić information content (AvgIpc) is 2.29. The van der Waals surface area contributed by atoms with E-state index in [1.54, 1.807) is 12.1 Å². The maximum atomic E-state index is 14.8. The van der Waals surface area contributed by atoms with E-state index in [1.165, 1.54) is 12.1 Å². The highest BCUT2D eigenvalue weighted by Crippen LogP contribution is 2.35. The highest BCUT2D eigenvalue weighted by Gasteiger charge is 2.36. The summed E-state index contributed by atoms with van der Waals surface area (Å²) in [7, 11) is 1.88. The van der Waals surface area contributed by atoms with Crippen LogP contribution in [0.3, 0.4) is 0 Å². The number of likely N-dealkylation sites (tertiary alicyclic amines) is 1. The lowest BCUT2D eigenvalue weighted by Gasteiger charge is -2.35. The van der Waals surface area contributed by atoms with Crippen molar-refractivity contribution in [2.75, 3.05) is 20.1 Å². The minimum atomic E-state index is -1.42. The van der Waals surface area contributed by atoms with Crippen LogP contribution in [-0.4, -0.2) is 36.1 Å². The third-order valence-corrected chi connectivity index (χ3v) is 3.26. The van der Waals surface area contributed by atoms with E-state index in [1.807, 2.05) is 11.9 Å². The van der Waals surface area contributed by atoms with Crippen LogP contribution in [0, 0.1) is 0 Å². The van der Waals surface area contributed by atoms with E-state index in [0.717, 1.165) is 13.0 Å². The Bertz CT molecular complexity index is 435. The number of piperidine rings is 1. The van der Waals surface area contributed by atoms with Crippen LogP contribution in [0.1, 0.15) is 28.8 Å². The molecule has 4 heteroatoms. The number of nitrogens with zero attached hydrogens (tertiary/aromatic N) is 1. The van der Waals surface area contributed by atoms with Crippen LogP contribution in [0.4, 0.5) is 4.39 Å². The van der Waals surface area contributed by atoms with Gasteiger partial charge < -0.3 is 10.0 Å². The van der Waals surface area contributed by atoms with Gasteiger partial charge in [0.15, 0.2) is 0 Å². The molecule has 3 nitrogen and oxygen atoms in total.